The highest BCUT2D eigenvalue weighted by atomic mass is 16.7. The molecule has 0 unspecified atom stereocenters. The molecule has 2 heterocycles. The highest BCUT2D eigenvalue weighted by Gasteiger charge is 2.48. The molecular formula is C15H15NO8. The summed E-state index contributed by atoms with van der Waals surface area (Å²) in [6, 6.07) is 7.51. The summed E-state index contributed by atoms with van der Waals surface area (Å²) in [5.74, 6) is -1.26. The van der Waals surface area contributed by atoms with Crippen molar-refractivity contribution in [2.24, 2.45) is 0 Å². The normalized spacial score (nSPS) is 30.2. The minimum atomic E-state index is -1.78. The molecule has 0 radical (unpaired) electrons. The van der Waals surface area contributed by atoms with Gasteiger partial charge in [0.05, 0.1) is 0 Å². The van der Waals surface area contributed by atoms with Crippen molar-refractivity contribution in [3.8, 4) is 5.75 Å². The van der Waals surface area contributed by atoms with Gasteiger partial charge in [-0.2, -0.15) is 0 Å². The first-order chi connectivity index (χ1) is 11.4. The van der Waals surface area contributed by atoms with Crippen LogP contribution in [0.25, 0.3) is 10.9 Å². The number of aromatic amines is 1. The van der Waals surface area contributed by atoms with E-state index < -0.39 is 36.7 Å². The third kappa shape index (κ3) is 2.97. The van der Waals surface area contributed by atoms with E-state index in [1.54, 1.807) is 18.2 Å². The lowest BCUT2D eigenvalue weighted by Crippen LogP contribution is -2.61. The van der Waals surface area contributed by atoms with E-state index in [0.29, 0.717) is 10.9 Å². The molecule has 0 bridgehead atoms. The first-order valence-electron chi connectivity index (χ1n) is 7.09. The molecule has 5 atom stereocenters. The maximum absolute atomic E-state index is 11.2. The van der Waals surface area contributed by atoms with Gasteiger partial charge in [0, 0.05) is 17.0 Å². The van der Waals surface area contributed by atoms with Gasteiger partial charge in [-0.25, -0.2) is 4.79 Å². The number of carbonyl (C=O) groups is 1. The Labute approximate surface area is 134 Å². The van der Waals surface area contributed by atoms with Crippen LogP contribution in [0.3, 0.4) is 0 Å². The molecular weight excluding hydrogens is 322 g/mol. The maximum atomic E-state index is 11.2. The standard InChI is InChI=1S/C15H15NO8/c17-9-4-1-6-5-7(2-3-8(6)16-9)23-15-12(20)10(18)11(19)13(24-15)14(21)22/h1-5,10-13,15,18-20H,(H,16,17)(H,21,22)/t10-,11-,12+,13-,15+/m0/s1. The molecule has 9 heteroatoms. The van der Waals surface area contributed by atoms with Crippen LogP contribution in [0.4, 0.5) is 0 Å². The SMILES string of the molecule is O=C(O)[C@H]1O[C@@H](Oc2ccc3[nH]c(=O)ccc3c2)[C@H](O)[C@@H](O)[C@@H]1O. The monoisotopic (exact) mass is 337 g/mol. The summed E-state index contributed by atoms with van der Waals surface area (Å²) in [6.07, 6.45) is -8.36. The van der Waals surface area contributed by atoms with Crippen molar-refractivity contribution in [2.75, 3.05) is 0 Å². The average molecular weight is 337 g/mol. The number of aliphatic hydroxyl groups excluding tert-OH is 3. The number of fused-ring (bicyclic) bond motifs is 1. The molecule has 1 saturated heterocycles. The Morgan fingerprint density at radius 1 is 1.08 bits per heavy atom. The summed E-state index contributed by atoms with van der Waals surface area (Å²) in [7, 11) is 0. The van der Waals surface area contributed by atoms with E-state index in [2.05, 4.69) is 4.98 Å². The third-order valence-corrected chi connectivity index (χ3v) is 3.76. The molecule has 5 N–H and O–H groups in total. The Kier molecular flexibility index (Phi) is 4.24. The van der Waals surface area contributed by atoms with Gasteiger partial charge < -0.3 is 34.9 Å². The molecule has 9 nitrogen and oxygen atoms in total. The molecule has 0 spiro atoms. The van der Waals surface area contributed by atoms with E-state index in [1.165, 1.54) is 12.1 Å². The molecule has 1 aromatic heterocycles. The summed E-state index contributed by atoms with van der Waals surface area (Å²) < 4.78 is 10.4. The zero-order valence-corrected chi connectivity index (χ0v) is 12.2. The van der Waals surface area contributed by atoms with Crippen LogP contribution in [-0.4, -0.2) is 62.1 Å². The number of aromatic nitrogens is 1. The lowest BCUT2D eigenvalue weighted by atomic mass is 9.99. The Morgan fingerprint density at radius 2 is 1.83 bits per heavy atom. The molecule has 2 aromatic rings. The minimum Gasteiger partial charge on any atom is -0.479 e. The van der Waals surface area contributed by atoms with Gasteiger partial charge in [-0.3, -0.25) is 4.79 Å². The van der Waals surface area contributed by atoms with Crippen LogP contribution < -0.4 is 10.3 Å². The predicted octanol–water partition coefficient (Wildman–Crippen LogP) is -1.20. The number of carboxylic acids is 1. The smallest absolute Gasteiger partial charge is 0.335 e. The number of aliphatic carboxylic acids is 1. The fourth-order valence-electron chi connectivity index (χ4n) is 2.49. The molecule has 0 aliphatic carbocycles. The molecule has 1 aromatic carbocycles. The minimum absolute atomic E-state index is 0.228. The number of benzene rings is 1. The lowest BCUT2D eigenvalue weighted by Gasteiger charge is -2.38. The number of H-pyrrole nitrogens is 1. The fourth-order valence-corrected chi connectivity index (χ4v) is 2.49. The second-order valence-corrected chi connectivity index (χ2v) is 5.42. The molecule has 1 fully saturated rings. The molecule has 128 valence electrons. The van der Waals surface area contributed by atoms with Crippen molar-refractivity contribution in [2.45, 2.75) is 30.7 Å². The van der Waals surface area contributed by atoms with Gasteiger partial charge >= 0.3 is 5.97 Å². The number of hydrogen-bond acceptors (Lipinski definition) is 7. The Hall–Kier alpha value is -2.46. The van der Waals surface area contributed by atoms with Crippen LogP contribution >= 0.6 is 0 Å². The van der Waals surface area contributed by atoms with Crippen molar-refractivity contribution >= 4 is 16.9 Å². The maximum Gasteiger partial charge on any atom is 0.335 e. The van der Waals surface area contributed by atoms with Crippen LogP contribution in [-0.2, 0) is 9.53 Å². The summed E-state index contributed by atoms with van der Waals surface area (Å²) in [5, 5.41) is 38.9. The van der Waals surface area contributed by atoms with Gasteiger partial charge in [0.1, 0.15) is 24.1 Å². The number of carboxylic acid groups (broad SMARTS) is 1. The zero-order valence-electron chi connectivity index (χ0n) is 12.2. The quantitative estimate of drug-likeness (QED) is 0.469. The summed E-state index contributed by atoms with van der Waals surface area (Å²) >= 11 is 0. The second kappa shape index (κ2) is 6.21. The van der Waals surface area contributed by atoms with Crippen LogP contribution in [0.15, 0.2) is 35.1 Å². The fraction of sp³-hybridized carbons (Fsp3) is 0.333. The van der Waals surface area contributed by atoms with Crippen molar-refractivity contribution in [1.29, 1.82) is 0 Å². The van der Waals surface area contributed by atoms with E-state index in [-0.39, 0.29) is 11.3 Å². The number of pyridine rings is 1. The van der Waals surface area contributed by atoms with E-state index in [1.807, 2.05) is 0 Å². The second-order valence-electron chi connectivity index (χ2n) is 5.42. The van der Waals surface area contributed by atoms with Crippen molar-refractivity contribution in [1.82, 2.24) is 4.98 Å². The molecule has 0 amide bonds. The van der Waals surface area contributed by atoms with E-state index >= 15 is 0 Å². The van der Waals surface area contributed by atoms with E-state index in [9.17, 15) is 24.9 Å². The van der Waals surface area contributed by atoms with E-state index in [4.69, 9.17) is 14.6 Å². The first kappa shape index (κ1) is 16.4. The molecule has 3 rings (SSSR count). The zero-order chi connectivity index (χ0) is 17.4. The summed E-state index contributed by atoms with van der Waals surface area (Å²) in [5.41, 5.74) is 0.308. The Balaban J connectivity index is 1.85. The Morgan fingerprint density at radius 3 is 2.54 bits per heavy atom. The summed E-state index contributed by atoms with van der Waals surface area (Å²) in [6.45, 7) is 0. The first-order valence-corrected chi connectivity index (χ1v) is 7.09. The number of nitrogens with one attached hydrogen (secondary N) is 1. The average Bonchev–Trinajstić information content (AvgIpc) is 2.55. The largest absolute Gasteiger partial charge is 0.479 e. The Bertz CT molecular complexity index is 818. The number of aliphatic hydroxyl groups is 3. The van der Waals surface area contributed by atoms with E-state index in [0.717, 1.165) is 0 Å². The van der Waals surface area contributed by atoms with Crippen LogP contribution in [0.2, 0.25) is 0 Å². The van der Waals surface area contributed by atoms with Gasteiger partial charge in [0.2, 0.25) is 11.8 Å². The van der Waals surface area contributed by atoms with Gasteiger partial charge in [0.15, 0.2) is 6.10 Å². The number of rotatable bonds is 3. The van der Waals surface area contributed by atoms with Crippen LogP contribution in [0, 0.1) is 0 Å². The van der Waals surface area contributed by atoms with Crippen molar-refractivity contribution < 1.29 is 34.7 Å². The predicted molar refractivity (Wildman–Crippen MR) is 79.5 cm³/mol. The lowest BCUT2D eigenvalue weighted by molar-refractivity contribution is -0.271. The van der Waals surface area contributed by atoms with Crippen LogP contribution in [0.1, 0.15) is 0 Å². The number of ether oxygens (including phenoxy) is 2. The topological polar surface area (TPSA) is 149 Å². The third-order valence-electron chi connectivity index (χ3n) is 3.76. The van der Waals surface area contributed by atoms with Gasteiger partial charge in [-0.05, 0) is 24.3 Å². The summed E-state index contributed by atoms with van der Waals surface area (Å²) in [4.78, 5) is 24.9. The molecule has 24 heavy (non-hydrogen) atoms. The van der Waals surface area contributed by atoms with Gasteiger partial charge in [-0.15, -0.1) is 0 Å². The van der Waals surface area contributed by atoms with Crippen molar-refractivity contribution in [3.63, 3.8) is 0 Å². The molecule has 1 aliphatic heterocycles. The molecule has 1 aliphatic rings. The number of hydrogen-bond donors (Lipinski definition) is 5. The highest BCUT2D eigenvalue weighted by Crippen LogP contribution is 2.26. The van der Waals surface area contributed by atoms with Crippen LogP contribution in [0.5, 0.6) is 5.75 Å². The van der Waals surface area contributed by atoms with Crippen molar-refractivity contribution in [3.05, 3.63) is 40.7 Å². The highest BCUT2D eigenvalue weighted by molar-refractivity contribution is 5.79. The van der Waals surface area contributed by atoms with Gasteiger partial charge in [0.25, 0.3) is 0 Å². The molecule has 0 saturated carbocycles. The van der Waals surface area contributed by atoms with Gasteiger partial charge in [-0.1, -0.05) is 0 Å².